The molecule has 5 heteroatoms. The lowest BCUT2D eigenvalue weighted by molar-refractivity contribution is -0.120. The first-order valence-electron chi connectivity index (χ1n) is 10.7. The van der Waals surface area contributed by atoms with Gasteiger partial charge in [-0.05, 0) is 54.9 Å². The van der Waals surface area contributed by atoms with Crippen molar-refractivity contribution in [3.8, 4) is 0 Å². The van der Waals surface area contributed by atoms with Crippen LogP contribution in [0.3, 0.4) is 0 Å². The number of carbonyl (C=O) groups is 1. The molecule has 0 radical (unpaired) electrons. The van der Waals surface area contributed by atoms with Gasteiger partial charge < -0.3 is 20.5 Å². The van der Waals surface area contributed by atoms with E-state index in [0.29, 0.717) is 31.9 Å². The van der Waals surface area contributed by atoms with Gasteiger partial charge in [0, 0.05) is 18.8 Å². The highest BCUT2D eigenvalue weighted by atomic mass is 16.5. The van der Waals surface area contributed by atoms with Crippen molar-refractivity contribution in [1.82, 2.24) is 5.32 Å². The number of anilines is 1. The lowest BCUT2D eigenvalue weighted by Gasteiger charge is -2.35. The lowest BCUT2D eigenvalue weighted by atomic mass is 9.81. The number of rotatable bonds is 10. The third-order valence-corrected chi connectivity index (χ3v) is 5.58. The maximum absolute atomic E-state index is 12.1. The summed E-state index contributed by atoms with van der Waals surface area (Å²) in [6, 6.07) is 15.1. The third-order valence-electron chi connectivity index (χ3n) is 5.58. The van der Waals surface area contributed by atoms with Crippen LogP contribution < -0.4 is 10.6 Å². The first-order chi connectivity index (χ1) is 14.6. The van der Waals surface area contributed by atoms with Crippen LogP contribution in [0.15, 0.2) is 55.3 Å². The standard InChI is InChI=1S/C25H32N2O3/c1-3-30-13-10-21-17-22-15-19(16-24(29)26-11-5-12-28)8-9-23(22)27-25(21)20-7-4-6-18(2)14-20/h3-4,6-9,14-15,21,25,27-28H,1,5,10-13,16-17H2,2H3,(H,26,29)/t21-,25+/m0/s1. The Hall–Kier alpha value is -2.79. The van der Waals surface area contributed by atoms with E-state index >= 15 is 0 Å². The predicted octanol–water partition coefficient (Wildman–Crippen LogP) is 3.91. The Labute approximate surface area is 179 Å². The number of ether oxygens (including phenoxy) is 1. The molecule has 0 aromatic heterocycles. The van der Waals surface area contributed by atoms with Crippen LogP contribution in [-0.4, -0.2) is 30.8 Å². The Balaban J connectivity index is 1.76. The van der Waals surface area contributed by atoms with Gasteiger partial charge in [-0.25, -0.2) is 0 Å². The van der Waals surface area contributed by atoms with Gasteiger partial charge in [-0.2, -0.15) is 0 Å². The summed E-state index contributed by atoms with van der Waals surface area (Å²) in [5, 5.41) is 15.4. The average Bonchev–Trinajstić information content (AvgIpc) is 2.73. The minimum Gasteiger partial charge on any atom is -0.502 e. The van der Waals surface area contributed by atoms with Gasteiger partial charge in [-0.15, -0.1) is 0 Å². The van der Waals surface area contributed by atoms with E-state index in [9.17, 15) is 4.79 Å². The molecule has 3 N–H and O–H groups in total. The molecular formula is C25H32N2O3. The minimum atomic E-state index is -0.0132. The summed E-state index contributed by atoms with van der Waals surface area (Å²) in [5.74, 6) is 0.369. The molecule has 2 aromatic rings. The van der Waals surface area contributed by atoms with Gasteiger partial charge in [0.2, 0.25) is 5.91 Å². The molecule has 1 aliphatic heterocycles. The number of aliphatic hydroxyl groups excluding tert-OH is 1. The monoisotopic (exact) mass is 408 g/mol. The summed E-state index contributed by atoms with van der Waals surface area (Å²) < 4.78 is 5.42. The van der Waals surface area contributed by atoms with Gasteiger partial charge in [-0.3, -0.25) is 4.79 Å². The Morgan fingerprint density at radius 3 is 2.97 bits per heavy atom. The molecule has 2 aromatic carbocycles. The summed E-state index contributed by atoms with van der Waals surface area (Å²) in [7, 11) is 0. The number of hydrogen-bond acceptors (Lipinski definition) is 4. The normalized spacial score (nSPS) is 17.5. The fourth-order valence-electron chi connectivity index (χ4n) is 4.10. The molecule has 5 nitrogen and oxygen atoms in total. The first-order valence-corrected chi connectivity index (χ1v) is 10.7. The fourth-order valence-corrected chi connectivity index (χ4v) is 4.10. The average molecular weight is 409 g/mol. The molecule has 0 saturated heterocycles. The highest BCUT2D eigenvalue weighted by molar-refractivity contribution is 5.78. The molecule has 0 spiro atoms. The zero-order valence-electron chi connectivity index (χ0n) is 17.7. The lowest BCUT2D eigenvalue weighted by Crippen LogP contribution is -2.29. The van der Waals surface area contributed by atoms with Crippen LogP contribution in [0.5, 0.6) is 0 Å². The number of hydrogen-bond donors (Lipinski definition) is 3. The maximum Gasteiger partial charge on any atom is 0.224 e. The van der Waals surface area contributed by atoms with Gasteiger partial charge >= 0.3 is 0 Å². The van der Waals surface area contributed by atoms with Crippen molar-refractivity contribution in [2.24, 2.45) is 5.92 Å². The molecule has 1 heterocycles. The van der Waals surface area contributed by atoms with Gasteiger partial charge in [0.25, 0.3) is 0 Å². The first kappa shape index (κ1) is 21.9. The Morgan fingerprint density at radius 2 is 2.20 bits per heavy atom. The molecule has 160 valence electrons. The van der Waals surface area contributed by atoms with E-state index in [4.69, 9.17) is 9.84 Å². The molecule has 0 aliphatic carbocycles. The van der Waals surface area contributed by atoms with Crippen molar-refractivity contribution in [2.75, 3.05) is 25.1 Å². The molecule has 3 rings (SSSR count). The zero-order chi connectivity index (χ0) is 21.3. The van der Waals surface area contributed by atoms with Gasteiger partial charge in [0.15, 0.2) is 0 Å². The van der Waals surface area contributed by atoms with Crippen molar-refractivity contribution in [3.63, 3.8) is 0 Å². The van der Waals surface area contributed by atoms with Gasteiger partial charge in [0.05, 0.1) is 25.3 Å². The van der Waals surface area contributed by atoms with Gasteiger partial charge in [-0.1, -0.05) is 48.5 Å². The SMILES string of the molecule is C=COCC[C@H]1Cc2cc(CC(=O)NCCCO)ccc2N[C@@H]1c1cccc(C)c1. The van der Waals surface area contributed by atoms with E-state index in [-0.39, 0.29) is 18.6 Å². The topological polar surface area (TPSA) is 70.6 Å². The molecule has 2 atom stereocenters. The Kier molecular flexibility index (Phi) is 7.91. The summed E-state index contributed by atoms with van der Waals surface area (Å²) in [5.41, 5.74) is 5.92. The number of fused-ring (bicyclic) bond motifs is 1. The second-order valence-electron chi connectivity index (χ2n) is 7.92. The van der Waals surface area contributed by atoms with Crippen LogP contribution in [0.1, 0.15) is 41.1 Å². The van der Waals surface area contributed by atoms with Crippen molar-refractivity contribution in [2.45, 2.75) is 38.6 Å². The highest BCUT2D eigenvalue weighted by Gasteiger charge is 2.29. The number of nitrogens with one attached hydrogen (secondary N) is 2. The summed E-state index contributed by atoms with van der Waals surface area (Å²) in [6.07, 6.45) is 4.28. The number of aliphatic hydroxyl groups is 1. The van der Waals surface area contributed by atoms with E-state index in [1.807, 2.05) is 6.07 Å². The third kappa shape index (κ3) is 5.86. The van der Waals surface area contributed by atoms with Crippen LogP contribution in [-0.2, 0) is 22.4 Å². The summed E-state index contributed by atoms with van der Waals surface area (Å²) in [4.78, 5) is 12.1. The van der Waals surface area contributed by atoms with E-state index in [2.05, 4.69) is 60.5 Å². The van der Waals surface area contributed by atoms with Gasteiger partial charge in [0.1, 0.15) is 0 Å². The smallest absolute Gasteiger partial charge is 0.224 e. The fraction of sp³-hybridized carbons (Fsp3) is 0.400. The van der Waals surface area contributed by atoms with Crippen molar-refractivity contribution < 1.29 is 14.6 Å². The second-order valence-corrected chi connectivity index (χ2v) is 7.92. The molecule has 0 unspecified atom stereocenters. The van der Waals surface area contributed by atoms with E-state index in [1.54, 1.807) is 0 Å². The Morgan fingerprint density at radius 1 is 1.33 bits per heavy atom. The molecule has 1 aliphatic rings. The van der Waals surface area contributed by atoms with Crippen molar-refractivity contribution >= 4 is 11.6 Å². The molecule has 1 amide bonds. The molecule has 0 fully saturated rings. The van der Waals surface area contributed by atoms with Crippen LogP contribution >= 0.6 is 0 Å². The molecule has 0 saturated carbocycles. The van der Waals surface area contributed by atoms with E-state index in [0.717, 1.165) is 24.1 Å². The molecule has 30 heavy (non-hydrogen) atoms. The highest BCUT2D eigenvalue weighted by Crippen LogP contribution is 2.39. The second kappa shape index (κ2) is 10.8. The molecule has 0 bridgehead atoms. The Bertz CT molecular complexity index is 865. The number of aryl methyl sites for hydroxylation is 1. The number of benzene rings is 2. The largest absolute Gasteiger partial charge is 0.502 e. The van der Waals surface area contributed by atoms with Crippen molar-refractivity contribution in [3.05, 3.63) is 77.6 Å². The van der Waals surface area contributed by atoms with Crippen molar-refractivity contribution in [1.29, 1.82) is 0 Å². The predicted molar refractivity (Wildman–Crippen MR) is 120 cm³/mol. The number of amides is 1. The minimum absolute atomic E-state index is 0.0132. The van der Waals surface area contributed by atoms with Crippen LogP contribution in [0.4, 0.5) is 5.69 Å². The number of carbonyl (C=O) groups excluding carboxylic acids is 1. The summed E-state index contributed by atoms with van der Waals surface area (Å²) >= 11 is 0. The zero-order valence-corrected chi connectivity index (χ0v) is 17.7. The van der Waals surface area contributed by atoms with Crippen LogP contribution in [0, 0.1) is 12.8 Å². The summed E-state index contributed by atoms with van der Waals surface area (Å²) in [6.45, 7) is 7.00. The van der Waals surface area contributed by atoms with Crippen LogP contribution in [0.25, 0.3) is 0 Å². The van der Waals surface area contributed by atoms with E-state index < -0.39 is 0 Å². The van der Waals surface area contributed by atoms with Crippen LogP contribution in [0.2, 0.25) is 0 Å². The maximum atomic E-state index is 12.1. The van der Waals surface area contributed by atoms with E-state index in [1.165, 1.54) is 23.0 Å². The molecular weight excluding hydrogens is 376 g/mol. The quantitative estimate of drug-likeness (QED) is 0.412.